The standard InChI is InChI=1S/C6H4F3N5/c7-6(8,9)3-2-4(10)13-14-5(2)12-1-11-3/h1H,(H3,10,11,12,13,14). The van der Waals surface area contributed by atoms with Crippen molar-refractivity contribution < 1.29 is 13.2 Å². The van der Waals surface area contributed by atoms with E-state index in [0.29, 0.717) is 0 Å². The van der Waals surface area contributed by atoms with Crippen LogP contribution in [0.3, 0.4) is 0 Å². The zero-order chi connectivity index (χ0) is 10.3. The zero-order valence-electron chi connectivity index (χ0n) is 6.63. The van der Waals surface area contributed by atoms with Gasteiger partial charge in [0, 0.05) is 0 Å². The van der Waals surface area contributed by atoms with Gasteiger partial charge in [-0.25, -0.2) is 9.97 Å². The molecule has 0 saturated carbocycles. The quantitative estimate of drug-likeness (QED) is 0.668. The van der Waals surface area contributed by atoms with E-state index in [0.717, 1.165) is 6.33 Å². The Hall–Kier alpha value is -1.86. The van der Waals surface area contributed by atoms with E-state index in [9.17, 15) is 13.2 Å². The molecule has 74 valence electrons. The lowest BCUT2D eigenvalue weighted by atomic mass is 10.2. The van der Waals surface area contributed by atoms with Crippen LogP contribution in [0.5, 0.6) is 0 Å². The number of nitrogens with zero attached hydrogens (tertiary/aromatic N) is 3. The summed E-state index contributed by atoms with van der Waals surface area (Å²) in [7, 11) is 0. The number of nitrogens with one attached hydrogen (secondary N) is 1. The van der Waals surface area contributed by atoms with E-state index in [1.165, 1.54) is 0 Å². The Morgan fingerprint density at radius 1 is 1.29 bits per heavy atom. The molecular weight excluding hydrogens is 199 g/mol. The van der Waals surface area contributed by atoms with Crippen LogP contribution in [0.15, 0.2) is 6.33 Å². The van der Waals surface area contributed by atoms with Crippen LogP contribution in [0.2, 0.25) is 0 Å². The smallest absolute Gasteiger partial charge is 0.383 e. The molecule has 3 N–H and O–H groups in total. The van der Waals surface area contributed by atoms with Crippen LogP contribution in [0.1, 0.15) is 5.69 Å². The highest BCUT2D eigenvalue weighted by molar-refractivity contribution is 5.88. The number of aromatic amines is 1. The topological polar surface area (TPSA) is 80.5 Å². The monoisotopic (exact) mass is 203 g/mol. The van der Waals surface area contributed by atoms with E-state index in [2.05, 4.69) is 20.2 Å². The van der Waals surface area contributed by atoms with Gasteiger partial charge in [0.15, 0.2) is 11.3 Å². The molecule has 5 nitrogen and oxygen atoms in total. The maximum atomic E-state index is 12.4. The Morgan fingerprint density at radius 3 is 2.64 bits per heavy atom. The van der Waals surface area contributed by atoms with Crippen molar-refractivity contribution in [3.63, 3.8) is 0 Å². The Bertz CT molecular complexity index is 474. The minimum Gasteiger partial charge on any atom is -0.383 e. The van der Waals surface area contributed by atoms with Crippen molar-refractivity contribution in [1.82, 2.24) is 20.2 Å². The summed E-state index contributed by atoms with van der Waals surface area (Å²) in [5, 5.41) is 5.41. The lowest BCUT2D eigenvalue weighted by molar-refractivity contribution is -0.139. The predicted octanol–water partition coefficient (Wildman–Crippen LogP) is 0.954. The molecule has 8 heteroatoms. The van der Waals surface area contributed by atoms with Crippen molar-refractivity contribution in [3.05, 3.63) is 12.0 Å². The lowest BCUT2D eigenvalue weighted by Crippen LogP contribution is -2.09. The van der Waals surface area contributed by atoms with Gasteiger partial charge in [0.25, 0.3) is 0 Å². The molecule has 0 saturated heterocycles. The predicted molar refractivity (Wildman–Crippen MR) is 41.1 cm³/mol. The van der Waals surface area contributed by atoms with Gasteiger partial charge in [0.05, 0.1) is 5.39 Å². The number of aromatic nitrogens is 4. The largest absolute Gasteiger partial charge is 0.434 e. The van der Waals surface area contributed by atoms with Gasteiger partial charge in [-0.2, -0.15) is 18.3 Å². The summed E-state index contributed by atoms with van der Waals surface area (Å²) in [6.07, 6.45) is -3.76. The summed E-state index contributed by atoms with van der Waals surface area (Å²) < 4.78 is 37.2. The number of halogens is 3. The molecule has 0 aliphatic rings. The molecule has 0 fully saturated rings. The van der Waals surface area contributed by atoms with Crippen LogP contribution in [-0.2, 0) is 6.18 Å². The number of H-pyrrole nitrogens is 1. The highest BCUT2D eigenvalue weighted by Crippen LogP contribution is 2.33. The van der Waals surface area contributed by atoms with E-state index >= 15 is 0 Å². The van der Waals surface area contributed by atoms with Crippen LogP contribution in [0.25, 0.3) is 11.0 Å². The number of hydrogen-bond donors (Lipinski definition) is 2. The fourth-order valence-corrected chi connectivity index (χ4v) is 1.09. The Kier molecular flexibility index (Phi) is 1.60. The number of nitrogens with two attached hydrogens (primary N) is 1. The SMILES string of the molecule is Nc1[nH]nc2ncnc(C(F)(F)F)c12. The van der Waals surface area contributed by atoms with Gasteiger partial charge >= 0.3 is 6.18 Å². The summed E-state index contributed by atoms with van der Waals surface area (Å²) in [5.41, 5.74) is 4.11. The third kappa shape index (κ3) is 1.15. The molecule has 0 atom stereocenters. The van der Waals surface area contributed by atoms with Gasteiger partial charge in [0.2, 0.25) is 0 Å². The Balaban J connectivity index is 2.82. The summed E-state index contributed by atoms with van der Waals surface area (Å²) in [5.74, 6) is -0.187. The van der Waals surface area contributed by atoms with Crippen molar-refractivity contribution in [3.8, 4) is 0 Å². The lowest BCUT2D eigenvalue weighted by Gasteiger charge is -2.05. The summed E-state index contributed by atoms with van der Waals surface area (Å²) >= 11 is 0. The number of alkyl halides is 3. The number of fused-ring (bicyclic) bond motifs is 1. The Labute approximate surface area is 75.2 Å². The molecule has 2 heterocycles. The summed E-state index contributed by atoms with van der Waals surface area (Å²) in [4.78, 5) is 6.68. The average molecular weight is 203 g/mol. The molecule has 2 aromatic heterocycles. The normalized spacial score (nSPS) is 12.2. The van der Waals surface area contributed by atoms with E-state index in [1.54, 1.807) is 0 Å². The first kappa shape index (κ1) is 8.73. The number of nitrogen functional groups attached to an aromatic ring is 1. The summed E-state index contributed by atoms with van der Waals surface area (Å²) in [6, 6.07) is 0. The first-order valence-electron chi connectivity index (χ1n) is 3.52. The maximum Gasteiger partial charge on any atom is 0.434 e. The molecule has 0 bridgehead atoms. The molecule has 0 radical (unpaired) electrons. The molecule has 2 aromatic rings. The number of anilines is 1. The van der Waals surface area contributed by atoms with Crippen LogP contribution in [0, 0.1) is 0 Å². The minimum absolute atomic E-state index is 0.0928. The highest BCUT2D eigenvalue weighted by Gasteiger charge is 2.36. The molecular formula is C6H4F3N5. The molecule has 0 spiro atoms. The zero-order valence-corrected chi connectivity index (χ0v) is 6.63. The van der Waals surface area contributed by atoms with Crippen molar-refractivity contribution in [1.29, 1.82) is 0 Å². The van der Waals surface area contributed by atoms with Crippen molar-refractivity contribution >= 4 is 16.9 Å². The average Bonchev–Trinajstić information content (AvgIpc) is 2.46. The van der Waals surface area contributed by atoms with Gasteiger partial charge in [-0.3, -0.25) is 5.10 Å². The first-order chi connectivity index (χ1) is 6.50. The molecule has 0 aromatic carbocycles. The first-order valence-corrected chi connectivity index (χ1v) is 3.52. The van der Waals surface area contributed by atoms with E-state index in [1.807, 2.05) is 0 Å². The van der Waals surface area contributed by atoms with E-state index < -0.39 is 11.9 Å². The van der Waals surface area contributed by atoms with E-state index in [-0.39, 0.29) is 16.9 Å². The molecule has 0 aliphatic heterocycles. The minimum atomic E-state index is -4.56. The van der Waals surface area contributed by atoms with Gasteiger partial charge < -0.3 is 5.73 Å². The Morgan fingerprint density at radius 2 is 2.00 bits per heavy atom. The highest BCUT2D eigenvalue weighted by atomic mass is 19.4. The second kappa shape index (κ2) is 2.56. The van der Waals surface area contributed by atoms with Crippen LogP contribution >= 0.6 is 0 Å². The van der Waals surface area contributed by atoms with Crippen molar-refractivity contribution in [2.45, 2.75) is 6.18 Å². The molecule has 14 heavy (non-hydrogen) atoms. The fraction of sp³-hybridized carbons (Fsp3) is 0.167. The maximum absolute atomic E-state index is 12.4. The van der Waals surface area contributed by atoms with Crippen molar-refractivity contribution in [2.75, 3.05) is 5.73 Å². The van der Waals surface area contributed by atoms with Crippen LogP contribution in [0.4, 0.5) is 19.0 Å². The van der Waals surface area contributed by atoms with Gasteiger partial charge in [-0.15, -0.1) is 0 Å². The van der Waals surface area contributed by atoms with Gasteiger partial charge in [-0.1, -0.05) is 0 Å². The second-order valence-corrected chi connectivity index (χ2v) is 2.56. The van der Waals surface area contributed by atoms with Gasteiger partial charge in [0.1, 0.15) is 12.1 Å². The van der Waals surface area contributed by atoms with Crippen LogP contribution < -0.4 is 5.73 Å². The van der Waals surface area contributed by atoms with Crippen molar-refractivity contribution in [2.24, 2.45) is 0 Å². The molecule has 0 amide bonds. The molecule has 0 aliphatic carbocycles. The van der Waals surface area contributed by atoms with Gasteiger partial charge in [-0.05, 0) is 0 Å². The fourth-order valence-electron chi connectivity index (χ4n) is 1.09. The number of rotatable bonds is 0. The number of hydrogen-bond acceptors (Lipinski definition) is 4. The third-order valence-corrected chi connectivity index (χ3v) is 1.65. The third-order valence-electron chi connectivity index (χ3n) is 1.65. The molecule has 2 rings (SSSR count). The molecule has 0 unspecified atom stereocenters. The summed E-state index contributed by atoms with van der Waals surface area (Å²) in [6.45, 7) is 0. The van der Waals surface area contributed by atoms with Crippen LogP contribution in [-0.4, -0.2) is 20.2 Å². The second-order valence-electron chi connectivity index (χ2n) is 2.56. The van der Waals surface area contributed by atoms with E-state index in [4.69, 9.17) is 5.73 Å².